The maximum atomic E-state index is 14.6. The first-order valence-electron chi connectivity index (χ1n) is 24.2. The number of fused-ring (bicyclic) bond motifs is 2. The molecule has 0 N–H and O–H groups in total. The van der Waals surface area contributed by atoms with E-state index in [0.717, 1.165) is 65.2 Å². The van der Waals surface area contributed by atoms with Crippen LogP contribution < -0.4 is 0 Å². The summed E-state index contributed by atoms with van der Waals surface area (Å²) in [4.78, 5) is 37.7. The second-order valence-electron chi connectivity index (χ2n) is 20.3. The summed E-state index contributed by atoms with van der Waals surface area (Å²) >= 11 is 3.50. The smallest absolute Gasteiger partial charge is 0.261 e. The Kier molecular flexibility index (Phi) is 16.0. The lowest BCUT2D eigenvalue weighted by Crippen LogP contribution is -2.43. The van der Waals surface area contributed by atoms with Crippen LogP contribution in [0.4, 0.5) is 0 Å². The van der Waals surface area contributed by atoms with E-state index in [-0.39, 0.29) is 11.8 Å². The number of carbonyl (C=O) groups excluding carboxylic acids is 2. The van der Waals surface area contributed by atoms with Crippen LogP contribution >= 0.6 is 22.7 Å². The standard InChI is InChI=1S/C56H74N2O2S2Si2/c1-37(2)63(38(3)4,39(5)6)33-21-17-15-19-31-57-44(14)52-53(56(57)60)54(58(55(52)59)32-20-16-18-22-34-64(40(7)8,41(9)10)42(11)12)51-30-29-50(62-51)48-27-25-45-35-47(26-24-46(45)36-48)49-28-23-43(13)61-49/h23-30,35-42H,15-20,31-32H2,1-14H3. The molecule has 340 valence electrons. The second kappa shape index (κ2) is 20.7. The Balaban J connectivity index is 1.25. The summed E-state index contributed by atoms with van der Waals surface area (Å²) in [5.74, 6) is 7.15. The van der Waals surface area contributed by atoms with Crippen molar-refractivity contribution >= 4 is 67.1 Å². The first-order valence-corrected chi connectivity index (χ1v) is 30.3. The van der Waals surface area contributed by atoms with Crippen LogP contribution in [0.3, 0.4) is 0 Å². The molecule has 0 spiro atoms. The molecule has 2 amide bonds. The van der Waals surface area contributed by atoms with Gasteiger partial charge in [0, 0.05) is 46.3 Å². The molecular formula is C56H74N2O2S2Si2. The van der Waals surface area contributed by atoms with Crippen LogP contribution in [0.25, 0.3) is 37.4 Å². The number of unbranched alkanes of at least 4 members (excludes halogenated alkanes) is 4. The highest BCUT2D eigenvalue weighted by Crippen LogP contribution is 2.47. The van der Waals surface area contributed by atoms with Crippen LogP contribution in [0.2, 0.25) is 33.2 Å². The van der Waals surface area contributed by atoms with E-state index in [2.05, 4.69) is 174 Å². The van der Waals surface area contributed by atoms with Gasteiger partial charge in [-0.15, -0.1) is 45.6 Å². The lowest BCUT2D eigenvalue weighted by molar-refractivity contribution is -0.124. The zero-order valence-electron chi connectivity index (χ0n) is 41.4. The number of benzene rings is 2. The van der Waals surface area contributed by atoms with Gasteiger partial charge in [-0.05, 0) is 131 Å². The van der Waals surface area contributed by atoms with Crippen molar-refractivity contribution in [2.75, 3.05) is 13.1 Å². The highest BCUT2D eigenvalue weighted by molar-refractivity contribution is 7.16. The van der Waals surface area contributed by atoms with Crippen molar-refractivity contribution in [2.24, 2.45) is 0 Å². The van der Waals surface area contributed by atoms with Crippen molar-refractivity contribution in [1.29, 1.82) is 0 Å². The largest absolute Gasteiger partial charge is 0.312 e. The number of nitrogens with zero attached hydrogens (tertiary/aromatic N) is 2. The maximum absolute atomic E-state index is 14.6. The Morgan fingerprint density at radius 3 is 1.38 bits per heavy atom. The maximum Gasteiger partial charge on any atom is 0.261 e. The zero-order valence-corrected chi connectivity index (χ0v) is 45.1. The summed E-state index contributed by atoms with van der Waals surface area (Å²) in [6.45, 7) is 33.6. The van der Waals surface area contributed by atoms with Crippen molar-refractivity contribution in [3.05, 3.63) is 87.3 Å². The fourth-order valence-corrected chi connectivity index (χ4v) is 23.8. The van der Waals surface area contributed by atoms with E-state index in [1.165, 1.54) is 26.1 Å². The van der Waals surface area contributed by atoms with Crippen molar-refractivity contribution in [2.45, 2.75) is 169 Å². The van der Waals surface area contributed by atoms with E-state index in [1.807, 2.05) is 28.1 Å². The lowest BCUT2D eigenvalue weighted by atomic mass is 10.0. The van der Waals surface area contributed by atoms with Gasteiger partial charge in [0.1, 0.15) is 16.1 Å². The molecule has 0 aliphatic carbocycles. The minimum atomic E-state index is -1.80. The molecule has 4 heterocycles. The predicted octanol–water partition coefficient (Wildman–Crippen LogP) is 16.1. The number of hydrogen-bond donors (Lipinski definition) is 0. The van der Waals surface area contributed by atoms with Gasteiger partial charge in [-0.2, -0.15) is 0 Å². The van der Waals surface area contributed by atoms with Gasteiger partial charge in [-0.1, -0.05) is 107 Å². The molecule has 0 radical (unpaired) electrons. The molecule has 8 heteroatoms. The Morgan fingerprint density at radius 1 is 0.500 bits per heavy atom. The van der Waals surface area contributed by atoms with E-state index in [4.69, 9.17) is 0 Å². The summed E-state index contributed by atoms with van der Waals surface area (Å²) in [6.07, 6.45) is 5.17. The van der Waals surface area contributed by atoms with Gasteiger partial charge >= 0.3 is 0 Å². The quantitative estimate of drug-likeness (QED) is 0.0601. The fourth-order valence-electron chi connectivity index (χ4n) is 11.3. The minimum absolute atomic E-state index is 0.0455. The lowest BCUT2D eigenvalue weighted by Gasteiger charge is -2.38. The molecule has 0 atom stereocenters. The van der Waals surface area contributed by atoms with Crippen molar-refractivity contribution in [3.63, 3.8) is 0 Å². The van der Waals surface area contributed by atoms with E-state index in [9.17, 15) is 9.59 Å². The number of amides is 2. The number of aryl methyl sites for hydroxylation is 1. The topological polar surface area (TPSA) is 40.6 Å². The summed E-state index contributed by atoms with van der Waals surface area (Å²) in [5.41, 5.74) is 16.5. The van der Waals surface area contributed by atoms with Crippen LogP contribution in [-0.2, 0) is 9.59 Å². The van der Waals surface area contributed by atoms with Gasteiger partial charge in [-0.3, -0.25) is 9.59 Å². The Bertz CT molecular complexity index is 2500. The number of hydrogen-bond acceptors (Lipinski definition) is 4. The summed E-state index contributed by atoms with van der Waals surface area (Å²) in [6, 6.07) is 22.1. The van der Waals surface area contributed by atoms with Crippen LogP contribution in [0.1, 0.15) is 138 Å². The first-order chi connectivity index (χ1) is 30.4. The molecule has 0 saturated carbocycles. The van der Waals surface area contributed by atoms with Gasteiger partial charge in [0.2, 0.25) is 0 Å². The molecule has 2 aliphatic rings. The van der Waals surface area contributed by atoms with Crippen LogP contribution in [-0.4, -0.2) is 50.9 Å². The van der Waals surface area contributed by atoms with Crippen LogP contribution in [0.15, 0.2) is 77.5 Å². The minimum Gasteiger partial charge on any atom is -0.312 e. The SMILES string of the molecule is CC1=C2C(=O)N(CCCCC#C[Si](C(C)C)(C(C)C)C(C)C)C(c3ccc(-c4ccc5cc(-c6ccc(C)s6)ccc5c4)s3)=C2C(=O)N1CCCCC#C[Si](C(C)C)(C(C)C)C(C)C. The number of allylic oxidation sites excluding steroid dienone is 1. The summed E-state index contributed by atoms with van der Waals surface area (Å²) < 4.78 is 0. The molecule has 6 rings (SSSR count). The van der Waals surface area contributed by atoms with Gasteiger partial charge in [0.15, 0.2) is 0 Å². The molecule has 2 aromatic carbocycles. The third-order valence-corrected chi connectivity index (χ3v) is 29.5. The third-order valence-electron chi connectivity index (χ3n) is 14.6. The molecule has 4 aromatic rings. The highest BCUT2D eigenvalue weighted by atomic mass is 32.1. The van der Waals surface area contributed by atoms with Crippen molar-refractivity contribution in [3.8, 4) is 43.8 Å². The molecule has 0 saturated heterocycles. The predicted molar refractivity (Wildman–Crippen MR) is 284 cm³/mol. The summed E-state index contributed by atoms with van der Waals surface area (Å²) in [7, 11) is -3.57. The third kappa shape index (κ3) is 9.64. The van der Waals surface area contributed by atoms with E-state index in [1.54, 1.807) is 11.3 Å². The normalized spacial score (nSPS) is 14.8. The van der Waals surface area contributed by atoms with Crippen molar-refractivity contribution < 1.29 is 9.59 Å². The molecule has 2 aliphatic heterocycles. The molecule has 0 bridgehead atoms. The molecule has 0 unspecified atom stereocenters. The average Bonchev–Trinajstić information content (AvgIpc) is 4.01. The molecule has 4 nitrogen and oxygen atoms in total. The summed E-state index contributed by atoms with van der Waals surface area (Å²) in [5, 5.41) is 2.40. The molecular weight excluding hydrogens is 853 g/mol. The van der Waals surface area contributed by atoms with Crippen LogP contribution in [0, 0.1) is 29.9 Å². The highest BCUT2D eigenvalue weighted by Gasteiger charge is 2.47. The van der Waals surface area contributed by atoms with Gasteiger partial charge in [0.05, 0.1) is 21.7 Å². The Hall–Kier alpha value is -3.93. The Morgan fingerprint density at radius 2 is 0.922 bits per heavy atom. The number of rotatable bonds is 17. The van der Waals surface area contributed by atoms with E-state index < -0.39 is 16.1 Å². The number of carbonyl (C=O) groups is 2. The fraction of sp³-hybridized carbons (Fsp3) is 0.500. The van der Waals surface area contributed by atoms with E-state index >= 15 is 0 Å². The monoisotopic (exact) mass is 926 g/mol. The molecule has 2 aromatic heterocycles. The van der Waals surface area contributed by atoms with Crippen LogP contribution in [0.5, 0.6) is 0 Å². The Labute approximate surface area is 397 Å². The first kappa shape index (κ1) is 49.5. The van der Waals surface area contributed by atoms with Crippen molar-refractivity contribution in [1.82, 2.24) is 9.80 Å². The second-order valence-corrected chi connectivity index (χ2v) is 33.8. The zero-order chi connectivity index (χ0) is 46.7. The van der Waals surface area contributed by atoms with Gasteiger partial charge in [-0.25, -0.2) is 0 Å². The average molecular weight is 928 g/mol. The van der Waals surface area contributed by atoms with E-state index in [0.29, 0.717) is 57.5 Å². The van der Waals surface area contributed by atoms with Gasteiger partial charge in [0.25, 0.3) is 11.8 Å². The molecule has 0 fully saturated rings. The number of thiophene rings is 2. The molecule has 64 heavy (non-hydrogen) atoms. The van der Waals surface area contributed by atoms with Gasteiger partial charge < -0.3 is 9.80 Å².